The zero-order valence-corrected chi connectivity index (χ0v) is 20.6. The number of fused-ring (bicyclic) bond motifs is 1. The molecule has 3 aromatic rings. The van der Waals surface area contributed by atoms with E-state index in [0.29, 0.717) is 42.2 Å². The number of nitrogens with zero attached hydrogens (tertiary/aromatic N) is 4. The number of ether oxygens (including phenoxy) is 1. The van der Waals surface area contributed by atoms with Gasteiger partial charge in [0.05, 0.1) is 19.4 Å². The van der Waals surface area contributed by atoms with Crippen molar-refractivity contribution in [3.05, 3.63) is 71.0 Å². The summed E-state index contributed by atoms with van der Waals surface area (Å²) in [6, 6.07) is 15.3. The summed E-state index contributed by atoms with van der Waals surface area (Å²) in [7, 11) is 3.61. The monoisotopic (exact) mass is 489 g/mol. The fourth-order valence-corrected chi connectivity index (χ4v) is 5.16. The maximum Gasteiger partial charge on any atom is 0.277 e. The van der Waals surface area contributed by atoms with Gasteiger partial charge in [0.15, 0.2) is 5.69 Å². The lowest BCUT2D eigenvalue weighted by Gasteiger charge is -2.28. The van der Waals surface area contributed by atoms with Gasteiger partial charge in [0.25, 0.3) is 11.8 Å². The lowest BCUT2D eigenvalue weighted by Crippen LogP contribution is -2.39. The Bertz CT molecular complexity index is 1280. The number of rotatable bonds is 9. The summed E-state index contributed by atoms with van der Waals surface area (Å²) in [5.74, 6) is -0.187. The second-order valence-electron chi connectivity index (χ2n) is 9.65. The van der Waals surface area contributed by atoms with Gasteiger partial charge in [-0.1, -0.05) is 12.1 Å². The number of benzene rings is 2. The fraction of sp³-hybridized carbons (Fsp3) is 0.370. The molecule has 188 valence electrons. The van der Waals surface area contributed by atoms with Crippen LogP contribution in [0.2, 0.25) is 0 Å². The molecule has 1 aliphatic heterocycles. The van der Waals surface area contributed by atoms with E-state index in [1.165, 1.54) is 10.2 Å². The van der Waals surface area contributed by atoms with Crippen LogP contribution in [0.4, 0.5) is 5.69 Å². The Morgan fingerprint density at radius 1 is 1.14 bits per heavy atom. The number of hydrogen-bond donors (Lipinski definition) is 2. The number of carbonyl (C=O) groups is 2. The molecule has 0 atom stereocenters. The van der Waals surface area contributed by atoms with Crippen LogP contribution in [-0.2, 0) is 11.8 Å². The van der Waals surface area contributed by atoms with Crippen molar-refractivity contribution in [2.45, 2.75) is 24.7 Å². The summed E-state index contributed by atoms with van der Waals surface area (Å²) < 4.78 is 6.74. The molecule has 9 heteroatoms. The highest BCUT2D eigenvalue weighted by atomic mass is 16.5. The Labute approximate surface area is 210 Å². The normalized spacial score (nSPS) is 16.2. The highest BCUT2D eigenvalue weighted by molar-refractivity contribution is 6.09. The number of carbonyl (C=O) groups excluding carboxylic acids is 2. The van der Waals surface area contributed by atoms with Crippen molar-refractivity contribution < 1.29 is 19.4 Å². The van der Waals surface area contributed by atoms with Crippen molar-refractivity contribution in [3.63, 3.8) is 0 Å². The van der Waals surface area contributed by atoms with E-state index in [4.69, 9.17) is 10.5 Å². The minimum Gasteiger partial charge on any atom is -0.497 e. The molecule has 5 rings (SSSR count). The molecule has 2 amide bonds. The number of aliphatic hydroxyl groups excluding tert-OH is 1. The number of aromatic nitrogens is 2. The molecule has 1 aromatic heterocycles. The van der Waals surface area contributed by atoms with Gasteiger partial charge in [0.2, 0.25) is 0 Å². The largest absolute Gasteiger partial charge is 0.497 e. The summed E-state index contributed by atoms with van der Waals surface area (Å²) in [5.41, 5.74) is 9.49. The molecule has 9 nitrogen and oxygen atoms in total. The summed E-state index contributed by atoms with van der Waals surface area (Å²) in [6.45, 7) is 2.13. The zero-order chi connectivity index (χ0) is 25.4. The van der Waals surface area contributed by atoms with E-state index in [1.54, 1.807) is 36.3 Å². The van der Waals surface area contributed by atoms with E-state index in [0.717, 1.165) is 25.1 Å². The first kappa shape index (κ1) is 24.0. The molecule has 36 heavy (non-hydrogen) atoms. The van der Waals surface area contributed by atoms with Gasteiger partial charge in [0, 0.05) is 36.3 Å². The second kappa shape index (κ2) is 9.40. The molecule has 0 spiro atoms. The van der Waals surface area contributed by atoms with Gasteiger partial charge in [-0.05, 0) is 68.3 Å². The molecular formula is C27H31N5O4. The van der Waals surface area contributed by atoms with E-state index >= 15 is 0 Å². The van der Waals surface area contributed by atoms with E-state index in [2.05, 4.69) is 22.1 Å². The highest BCUT2D eigenvalue weighted by Crippen LogP contribution is 2.49. The lowest BCUT2D eigenvalue weighted by molar-refractivity contribution is 0.0972. The number of hydrogen-bond acceptors (Lipinski definition) is 6. The molecule has 0 unspecified atom stereocenters. The summed E-state index contributed by atoms with van der Waals surface area (Å²) in [6.07, 6.45) is 2.71. The molecular weight excluding hydrogens is 458 g/mol. The van der Waals surface area contributed by atoms with Crippen molar-refractivity contribution in [2.75, 3.05) is 45.3 Å². The number of aliphatic hydroxyl groups is 1. The zero-order valence-electron chi connectivity index (χ0n) is 20.6. The summed E-state index contributed by atoms with van der Waals surface area (Å²) in [4.78, 5) is 29.7. The number of primary amides is 1. The van der Waals surface area contributed by atoms with Gasteiger partial charge < -0.3 is 25.4 Å². The molecule has 3 N–H and O–H groups in total. The summed E-state index contributed by atoms with van der Waals surface area (Å²) >= 11 is 0. The van der Waals surface area contributed by atoms with Crippen molar-refractivity contribution in [2.24, 2.45) is 5.73 Å². The van der Waals surface area contributed by atoms with Gasteiger partial charge in [-0.2, -0.15) is 5.10 Å². The number of methoxy groups -OCH3 is 1. The van der Waals surface area contributed by atoms with Crippen LogP contribution in [0.3, 0.4) is 0 Å². The van der Waals surface area contributed by atoms with E-state index < -0.39 is 5.91 Å². The van der Waals surface area contributed by atoms with Crippen molar-refractivity contribution in [1.82, 2.24) is 14.7 Å². The van der Waals surface area contributed by atoms with Crippen LogP contribution in [0.25, 0.3) is 5.69 Å². The molecule has 1 saturated carbocycles. The van der Waals surface area contributed by atoms with E-state index in [-0.39, 0.29) is 23.6 Å². The highest BCUT2D eigenvalue weighted by Gasteiger charge is 2.45. The Balaban J connectivity index is 1.44. The average molecular weight is 490 g/mol. The fourth-order valence-electron chi connectivity index (χ4n) is 5.16. The number of anilines is 1. The Morgan fingerprint density at radius 3 is 2.39 bits per heavy atom. The minimum atomic E-state index is -0.648. The average Bonchev–Trinajstić information content (AvgIpc) is 3.54. The Hall–Kier alpha value is -3.69. The predicted molar refractivity (Wildman–Crippen MR) is 136 cm³/mol. The molecule has 0 radical (unpaired) electrons. The number of likely N-dealkylation sites (N-methyl/N-ethyl adjacent to an activating group) is 1. The molecule has 0 saturated heterocycles. The Morgan fingerprint density at radius 2 is 1.81 bits per heavy atom. The minimum absolute atomic E-state index is 0.116. The third kappa shape index (κ3) is 4.25. The molecule has 2 aliphatic rings. The van der Waals surface area contributed by atoms with Crippen LogP contribution in [0.15, 0.2) is 48.5 Å². The standard InChI is InChI=1S/C27H31N5O4/c1-30(15-16-33)17-27(12-13-27)18-3-5-19(6-4-18)31-14-11-22-23(25(28)34)29-32(24(22)26(31)35)20-7-9-21(36-2)10-8-20/h3-10,33H,11-17H2,1-2H3,(H2,28,34). The third-order valence-corrected chi connectivity index (χ3v) is 7.27. The molecule has 1 aliphatic carbocycles. The molecule has 2 heterocycles. The Kier molecular flexibility index (Phi) is 6.27. The van der Waals surface area contributed by atoms with E-state index in [1.807, 2.05) is 19.2 Å². The van der Waals surface area contributed by atoms with E-state index in [9.17, 15) is 14.7 Å². The molecule has 2 aromatic carbocycles. The van der Waals surface area contributed by atoms with Crippen LogP contribution >= 0.6 is 0 Å². The van der Waals surface area contributed by atoms with Crippen LogP contribution < -0.4 is 15.4 Å². The van der Waals surface area contributed by atoms with Crippen molar-refractivity contribution in [1.29, 1.82) is 0 Å². The first-order chi connectivity index (χ1) is 17.4. The van der Waals surface area contributed by atoms with Gasteiger partial charge in [-0.3, -0.25) is 9.59 Å². The van der Waals surface area contributed by atoms with Crippen LogP contribution in [0.5, 0.6) is 5.75 Å². The maximum absolute atomic E-state index is 13.7. The quantitative estimate of drug-likeness (QED) is 0.476. The van der Waals surface area contributed by atoms with Crippen LogP contribution in [0.1, 0.15) is 44.9 Å². The smallest absolute Gasteiger partial charge is 0.277 e. The van der Waals surface area contributed by atoms with Crippen molar-refractivity contribution >= 4 is 17.5 Å². The summed E-state index contributed by atoms with van der Waals surface area (Å²) in [5, 5.41) is 13.7. The third-order valence-electron chi connectivity index (χ3n) is 7.27. The first-order valence-corrected chi connectivity index (χ1v) is 12.1. The molecule has 0 bridgehead atoms. The second-order valence-corrected chi connectivity index (χ2v) is 9.65. The molecule has 1 fully saturated rings. The van der Waals surface area contributed by atoms with Gasteiger partial charge in [-0.15, -0.1) is 0 Å². The van der Waals surface area contributed by atoms with Gasteiger partial charge in [-0.25, -0.2) is 4.68 Å². The van der Waals surface area contributed by atoms with Crippen LogP contribution in [-0.4, -0.2) is 72.0 Å². The SMILES string of the molecule is COc1ccc(-n2nc(C(N)=O)c3c2C(=O)N(c2ccc(C4(CN(C)CCO)CC4)cc2)CC3)cc1. The topological polar surface area (TPSA) is 114 Å². The van der Waals surface area contributed by atoms with Gasteiger partial charge in [0.1, 0.15) is 11.4 Å². The van der Waals surface area contributed by atoms with Crippen molar-refractivity contribution in [3.8, 4) is 11.4 Å². The van der Waals surface area contributed by atoms with Crippen LogP contribution in [0, 0.1) is 0 Å². The maximum atomic E-state index is 13.7. The number of amides is 2. The number of nitrogens with two attached hydrogens (primary N) is 1. The predicted octanol–water partition coefficient (Wildman–Crippen LogP) is 2.14. The van der Waals surface area contributed by atoms with Gasteiger partial charge >= 0.3 is 0 Å². The lowest BCUT2D eigenvalue weighted by atomic mass is 9.94. The first-order valence-electron chi connectivity index (χ1n) is 12.1.